The third kappa shape index (κ3) is 3.94. The largest absolute Gasteiger partial charge is 0.385 e. The van der Waals surface area contributed by atoms with Crippen LogP contribution in [-0.2, 0) is 14.3 Å². The summed E-state index contributed by atoms with van der Waals surface area (Å²) in [7, 11) is 3.31. The van der Waals surface area contributed by atoms with Crippen LogP contribution < -0.4 is 5.32 Å². The van der Waals surface area contributed by atoms with E-state index in [9.17, 15) is 9.59 Å². The molecule has 154 valence electrons. The molecule has 2 amide bonds. The zero-order valence-corrected chi connectivity index (χ0v) is 17.0. The zero-order chi connectivity index (χ0) is 20.0. The van der Waals surface area contributed by atoms with E-state index in [-0.39, 0.29) is 17.7 Å². The summed E-state index contributed by atoms with van der Waals surface area (Å²) in [6, 6.07) is 7.60. The minimum Gasteiger partial charge on any atom is -0.385 e. The van der Waals surface area contributed by atoms with Gasteiger partial charge in [-0.15, -0.1) is 0 Å². The third-order valence-electron chi connectivity index (χ3n) is 6.15. The summed E-state index contributed by atoms with van der Waals surface area (Å²) in [5, 5.41) is 3.10. The summed E-state index contributed by atoms with van der Waals surface area (Å²) in [4.78, 5) is 28.7. The molecule has 1 unspecified atom stereocenters. The van der Waals surface area contributed by atoms with Crippen LogP contribution in [-0.4, -0.2) is 62.8 Å². The summed E-state index contributed by atoms with van der Waals surface area (Å²) in [5.41, 5.74) is 1.05. The predicted octanol–water partition coefficient (Wildman–Crippen LogP) is 2.73. The Kier molecular flexibility index (Phi) is 7.08. The van der Waals surface area contributed by atoms with Crippen molar-refractivity contribution in [2.24, 2.45) is 0 Å². The Morgan fingerprint density at radius 2 is 1.86 bits per heavy atom. The van der Waals surface area contributed by atoms with Gasteiger partial charge in [-0.05, 0) is 30.9 Å². The fraction of sp³-hybridized carbons (Fsp3) is 0.636. The molecule has 0 radical (unpaired) electrons. The first-order chi connectivity index (χ1) is 13.7. The van der Waals surface area contributed by atoms with Gasteiger partial charge < -0.3 is 19.7 Å². The van der Waals surface area contributed by atoms with Gasteiger partial charge >= 0.3 is 0 Å². The smallest absolute Gasteiger partial charge is 0.254 e. The van der Waals surface area contributed by atoms with Crippen molar-refractivity contribution in [1.29, 1.82) is 0 Å². The number of carbonyl (C=O) groups excluding carboxylic acids is 2. The van der Waals surface area contributed by atoms with E-state index in [1.807, 2.05) is 29.2 Å². The molecule has 1 aliphatic carbocycles. The zero-order valence-electron chi connectivity index (χ0n) is 17.0. The Balaban J connectivity index is 1.99. The molecule has 1 N–H and O–H groups in total. The lowest BCUT2D eigenvalue weighted by atomic mass is 9.65. The fourth-order valence-electron chi connectivity index (χ4n) is 4.88. The number of amides is 2. The van der Waals surface area contributed by atoms with Crippen molar-refractivity contribution in [3.05, 3.63) is 35.4 Å². The molecular formula is C22H32N2O4. The first kappa shape index (κ1) is 20.8. The van der Waals surface area contributed by atoms with E-state index >= 15 is 0 Å². The maximum Gasteiger partial charge on any atom is 0.254 e. The monoisotopic (exact) mass is 388 g/mol. The first-order valence-corrected chi connectivity index (χ1v) is 10.3. The van der Waals surface area contributed by atoms with Gasteiger partial charge in [0.15, 0.2) is 0 Å². The van der Waals surface area contributed by atoms with Crippen LogP contribution in [0.1, 0.15) is 60.4 Å². The van der Waals surface area contributed by atoms with Gasteiger partial charge in [0.25, 0.3) is 5.91 Å². The molecule has 6 heteroatoms. The van der Waals surface area contributed by atoms with E-state index in [0.29, 0.717) is 31.9 Å². The maximum absolute atomic E-state index is 13.4. The Bertz CT molecular complexity index is 685. The molecule has 1 spiro atoms. The molecule has 0 saturated heterocycles. The Labute approximate surface area is 167 Å². The average Bonchev–Trinajstić information content (AvgIpc) is 2.72. The first-order valence-electron chi connectivity index (χ1n) is 10.3. The van der Waals surface area contributed by atoms with E-state index in [0.717, 1.165) is 44.1 Å². The lowest BCUT2D eigenvalue weighted by Gasteiger charge is -2.53. The van der Waals surface area contributed by atoms with Crippen LogP contribution in [0.2, 0.25) is 0 Å². The molecular weight excluding hydrogens is 356 g/mol. The van der Waals surface area contributed by atoms with Gasteiger partial charge in [-0.3, -0.25) is 9.59 Å². The number of hydrogen-bond acceptors (Lipinski definition) is 4. The van der Waals surface area contributed by atoms with Gasteiger partial charge in [0.2, 0.25) is 5.91 Å². The summed E-state index contributed by atoms with van der Waals surface area (Å²) < 4.78 is 10.4. The van der Waals surface area contributed by atoms with E-state index in [1.165, 1.54) is 0 Å². The van der Waals surface area contributed by atoms with Gasteiger partial charge in [0, 0.05) is 39.5 Å². The summed E-state index contributed by atoms with van der Waals surface area (Å²) in [6.45, 7) is 2.17. The number of methoxy groups -OCH3 is 2. The van der Waals surface area contributed by atoms with E-state index in [2.05, 4.69) is 5.32 Å². The van der Waals surface area contributed by atoms with Gasteiger partial charge in [-0.25, -0.2) is 0 Å². The quantitative estimate of drug-likeness (QED) is 0.696. The van der Waals surface area contributed by atoms with Gasteiger partial charge in [0.05, 0.1) is 18.1 Å². The number of carbonyl (C=O) groups is 2. The van der Waals surface area contributed by atoms with Crippen molar-refractivity contribution in [3.63, 3.8) is 0 Å². The number of ether oxygens (including phenoxy) is 2. The standard InChI is InChI=1S/C22H32N2O4/c1-27-15-8-13-23-20(25)19-17-9-4-5-10-18(17)21(26)24(14-16-28-2)22(19)11-6-3-7-12-22/h4-5,9-10,19H,3,6-8,11-16H2,1-2H3,(H,23,25). The van der Waals surface area contributed by atoms with Gasteiger partial charge in [-0.2, -0.15) is 0 Å². The lowest BCUT2D eigenvalue weighted by Crippen LogP contribution is -2.63. The molecule has 3 rings (SSSR count). The maximum atomic E-state index is 13.4. The van der Waals surface area contributed by atoms with Crippen molar-refractivity contribution in [2.45, 2.75) is 50.0 Å². The van der Waals surface area contributed by atoms with E-state index in [1.54, 1.807) is 14.2 Å². The second-order valence-electron chi connectivity index (χ2n) is 7.77. The van der Waals surface area contributed by atoms with Crippen LogP contribution in [0.3, 0.4) is 0 Å². The number of benzene rings is 1. The van der Waals surface area contributed by atoms with Crippen molar-refractivity contribution in [1.82, 2.24) is 10.2 Å². The number of nitrogens with one attached hydrogen (secondary N) is 1. The van der Waals surface area contributed by atoms with Crippen LogP contribution in [0, 0.1) is 0 Å². The average molecular weight is 389 g/mol. The van der Waals surface area contributed by atoms with Crippen molar-refractivity contribution in [2.75, 3.05) is 40.5 Å². The van der Waals surface area contributed by atoms with Crippen molar-refractivity contribution >= 4 is 11.8 Å². The Hall–Kier alpha value is -1.92. The van der Waals surface area contributed by atoms with E-state index in [4.69, 9.17) is 9.47 Å². The molecule has 1 aromatic rings. The molecule has 1 fully saturated rings. The van der Waals surface area contributed by atoms with Crippen molar-refractivity contribution in [3.8, 4) is 0 Å². The summed E-state index contributed by atoms with van der Waals surface area (Å²) in [6.07, 6.45) is 5.70. The minimum absolute atomic E-state index is 0.0142. The lowest BCUT2D eigenvalue weighted by molar-refractivity contribution is -0.127. The normalized spacial score (nSPS) is 20.9. The minimum atomic E-state index is -0.465. The highest BCUT2D eigenvalue weighted by Gasteiger charge is 2.54. The third-order valence-corrected chi connectivity index (χ3v) is 6.15. The van der Waals surface area contributed by atoms with Crippen LogP contribution >= 0.6 is 0 Å². The molecule has 1 heterocycles. The highest BCUT2D eigenvalue weighted by Crippen LogP contribution is 2.49. The molecule has 6 nitrogen and oxygen atoms in total. The van der Waals surface area contributed by atoms with Crippen LogP contribution in [0.15, 0.2) is 24.3 Å². The molecule has 2 aliphatic rings. The molecule has 0 aromatic heterocycles. The van der Waals surface area contributed by atoms with Crippen LogP contribution in [0.25, 0.3) is 0 Å². The Morgan fingerprint density at radius 3 is 2.57 bits per heavy atom. The highest BCUT2D eigenvalue weighted by molar-refractivity contribution is 6.02. The predicted molar refractivity (Wildman–Crippen MR) is 107 cm³/mol. The fourth-order valence-corrected chi connectivity index (χ4v) is 4.88. The number of nitrogens with zero attached hydrogens (tertiary/aromatic N) is 1. The van der Waals surface area contributed by atoms with Gasteiger partial charge in [0.1, 0.15) is 0 Å². The van der Waals surface area contributed by atoms with Crippen LogP contribution in [0.5, 0.6) is 0 Å². The topological polar surface area (TPSA) is 67.9 Å². The van der Waals surface area contributed by atoms with E-state index < -0.39 is 5.54 Å². The molecule has 28 heavy (non-hydrogen) atoms. The second-order valence-corrected chi connectivity index (χ2v) is 7.77. The summed E-state index contributed by atoms with van der Waals surface area (Å²) in [5.74, 6) is -0.306. The Morgan fingerprint density at radius 1 is 1.14 bits per heavy atom. The molecule has 1 aliphatic heterocycles. The number of hydrogen-bond donors (Lipinski definition) is 1. The number of fused-ring (bicyclic) bond motifs is 1. The molecule has 1 saturated carbocycles. The van der Waals surface area contributed by atoms with Gasteiger partial charge in [-0.1, -0.05) is 37.5 Å². The molecule has 1 atom stereocenters. The highest BCUT2D eigenvalue weighted by atomic mass is 16.5. The summed E-state index contributed by atoms with van der Waals surface area (Å²) >= 11 is 0. The van der Waals surface area contributed by atoms with Crippen molar-refractivity contribution < 1.29 is 19.1 Å². The molecule has 1 aromatic carbocycles. The van der Waals surface area contributed by atoms with Crippen LogP contribution in [0.4, 0.5) is 0 Å². The number of rotatable bonds is 8. The SMILES string of the molecule is COCCCNC(=O)C1c2ccccc2C(=O)N(CCOC)C12CCCCC2. The molecule has 0 bridgehead atoms. The second kappa shape index (κ2) is 9.52.